The Morgan fingerprint density at radius 2 is 1.15 bits per heavy atom. The molecule has 2 aliphatic carbocycles. The number of likely N-dealkylation sites (tertiary alicyclic amines) is 2. The molecule has 0 spiro atoms. The number of aromatic nitrogens is 4. The molecule has 2 saturated carbocycles. The summed E-state index contributed by atoms with van der Waals surface area (Å²) in [4.78, 5) is 21.2. The molecule has 0 bridgehead atoms. The van der Waals surface area contributed by atoms with Crippen LogP contribution in [0.1, 0.15) is 98.1 Å². The average molecular weight is 561 g/mol. The molecule has 4 heterocycles. The molecule has 2 aromatic heterocycles. The van der Waals surface area contributed by atoms with Crippen molar-refractivity contribution < 1.29 is 17.6 Å². The van der Waals surface area contributed by atoms with Crippen LogP contribution in [0.4, 0.5) is 17.6 Å². The molecule has 2 unspecified atom stereocenters. The first-order valence-corrected chi connectivity index (χ1v) is 14.1. The standard InChI is InChI=1S/C14H20F2N4.C14H16F2N4/c2*15-14(16)3-5-20(6-4-14)12(7-17)11-8-18-13(19-9-11)10-1-2-10/h8-10,12H,1-7,17H2;8-10,12H,1-6H2. The van der Waals surface area contributed by atoms with E-state index in [4.69, 9.17) is 5.73 Å². The number of nitriles is 1. The molecule has 216 valence electrons. The van der Waals surface area contributed by atoms with Crippen molar-refractivity contribution in [1.29, 1.82) is 5.26 Å². The van der Waals surface area contributed by atoms with Gasteiger partial charge >= 0.3 is 0 Å². The van der Waals surface area contributed by atoms with Crippen molar-refractivity contribution in [1.82, 2.24) is 29.7 Å². The number of nitrogens with zero attached hydrogens (tertiary/aromatic N) is 7. The third kappa shape index (κ3) is 7.30. The second-order valence-electron chi connectivity index (χ2n) is 11.4. The highest BCUT2D eigenvalue weighted by molar-refractivity contribution is 5.20. The fourth-order valence-corrected chi connectivity index (χ4v) is 5.25. The van der Waals surface area contributed by atoms with Crippen LogP contribution >= 0.6 is 0 Å². The van der Waals surface area contributed by atoms with Crippen molar-refractivity contribution in [3.63, 3.8) is 0 Å². The lowest BCUT2D eigenvalue weighted by Gasteiger charge is -2.36. The van der Waals surface area contributed by atoms with Crippen molar-refractivity contribution in [2.45, 2.75) is 87.1 Å². The topological polar surface area (TPSA) is 108 Å². The zero-order chi connectivity index (χ0) is 28.3. The van der Waals surface area contributed by atoms with Crippen LogP contribution in [0.3, 0.4) is 0 Å². The van der Waals surface area contributed by atoms with Crippen molar-refractivity contribution in [2.75, 3.05) is 32.7 Å². The molecule has 6 rings (SSSR count). The Balaban J connectivity index is 0.000000161. The van der Waals surface area contributed by atoms with Gasteiger partial charge in [0.05, 0.1) is 12.1 Å². The van der Waals surface area contributed by atoms with Gasteiger partial charge in [-0.05, 0) is 25.7 Å². The number of halogens is 4. The summed E-state index contributed by atoms with van der Waals surface area (Å²) in [5.41, 5.74) is 7.46. The van der Waals surface area contributed by atoms with E-state index >= 15 is 0 Å². The summed E-state index contributed by atoms with van der Waals surface area (Å²) in [5.74, 6) is -2.40. The molecule has 2 atom stereocenters. The van der Waals surface area contributed by atoms with Gasteiger partial charge in [-0.3, -0.25) is 9.80 Å². The minimum Gasteiger partial charge on any atom is -0.329 e. The molecule has 0 amide bonds. The first-order valence-electron chi connectivity index (χ1n) is 14.1. The molecule has 0 aromatic carbocycles. The van der Waals surface area contributed by atoms with Gasteiger partial charge in [0.1, 0.15) is 17.7 Å². The Hall–Kier alpha value is -2.75. The smallest absolute Gasteiger partial charge is 0.250 e. The second kappa shape index (κ2) is 12.0. The fraction of sp³-hybridized carbons (Fsp3) is 0.679. The van der Waals surface area contributed by atoms with Gasteiger partial charge in [-0.2, -0.15) is 5.26 Å². The summed E-state index contributed by atoms with van der Waals surface area (Å²) in [6.07, 6.45) is 11.0. The molecule has 2 saturated heterocycles. The molecule has 4 fully saturated rings. The summed E-state index contributed by atoms with van der Waals surface area (Å²) < 4.78 is 52.8. The zero-order valence-electron chi connectivity index (χ0n) is 22.5. The zero-order valence-corrected chi connectivity index (χ0v) is 22.5. The van der Waals surface area contributed by atoms with Crippen LogP contribution in [0, 0.1) is 11.3 Å². The van der Waals surface area contributed by atoms with E-state index in [-0.39, 0.29) is 44.8 Å². The average Bonchev–Trinajstić information content (AvgIpc) is 3.86. The first-order chi connectivity index (χ1) is 19.2. The lowest BCUT2D eigenvalue weighted by Crippen LogP contribution is -2.43. The Labute approximate surface area is 232 Å². The van der Waals surface area contributed by atoms with Crippen molar-refractivity contribution in [3.05, 3.63) is 47.6 Å². The van der Waals surface area contributed by atoms with Gasteiger partial charge in [0.25, 0.3) is 11.8 Å². The van der Waals surface area contributed by atoms with E-state index in [1.54, 1.807) is 17.3 Å². The van der Waals surface area contributed by atoms with E-state index in [9.17, 15) is 22.8 Å². The van der Waals surface area contributed by atoms with Crippen LogP contribution < -0.4 is 5.73 Å². The largest absolute Gasteiger partial charge is 0.329 e. The molecule has 8 nitrogen and oxygen atoms in total. The molecule has 2 N–H and O–H groups in total. The van der Waals surface area contributed by atoms with Crippen LogP contribution in [-0.2, 0) is 0 Å². The minimum absolute atomic E-state index is 0.0562. The van der Waals surface area contributed by atoms with Gasteiger partial charge in [0.15, 0.2) is 0 Å². The number of rotatable bonds is 7. The number of alkyl halides is 4. The number of nitrogens with two attached hydrogens (primary N) is 1. The van der Waals surface area contributed by atoms with E-state index in [0.717, 1.165) is 30.1 Å². The molecule has 0 radical (unpaired) electrons. The highest BCUT2D eigenvalue weighted by Gasteiger charge is 2.38. The molecule has 12 heteroatoms. The summed E-state index contributed by atoms with van der Waals surface area (Å²) in [7, 11) is 0. The third-order valence-electron chi connectivity index (χ3n) is 8.18. The fourth-order valence-electron chi connectivity index (χ4n) is 5.25. The van der Waals surface area contributed by atoms with Gasteiger partial charge in [-0.25, -0.2) is 37.5 Å². The Kier molecular flexibility index (Phi) is 8.63. The SMILES string of the molecule is N#CC(c1cnc(C2CC2)nc1)N1CCC(F)(F)CC1.NCC(c1cnc(C2CC2)nc1)N1CCC(F)(F)CC1. The predicted octanol–water partition coefficient (Wildman–Crippen LogP) is 4.73. The van der Waals surface area contributed by atoms with Crippen LogP contribution in [0.15, 0.2) is 24.8 Å². The van der Waals surface area contributed by atoms with Crippen LogP contribution in [0.5, 0.6) is 0 Å². The molecule has 2 aromatic rings. The van der Waals surface area contributed by atoms with Gasteiger partial charge in [-0.1, -0.05) is 0 Å². The quantitative estimate of drug-likeness (QED) is 0.484. The van der Waals surface area contributed by atoms with Gasteiger partial charge in [0.2, 0.25) is 0 Å². The highest BCUT2D eigenvalue weighted by Crippen LogP contribution is 2.39. The normalized spacial score (nSPS) is 24.3. The monoisotopic (exact) mass is 560 g/mol. The van der Waals surface area contributed by atoms with Gasteiger partial charge in [0, 0.05) is 106 Å². The van der Waals surface area contributed by atoms with E-state index in [0.29, 0.717) is 37.0 Å². The summed E-state index contributed by atoms with van der Waals surface area (Å²) >= 11 is 0. The molecule has 2 aliphatic heterocycles. The maximum Gasteiger partial charge on any atom is 0.250 e. The summed E-state index contributed by atoms with van der Waals surface area (Å²) in [6.45, 7) is 1.61. The maximum absolute atomic E-state index is 13.2. The summed E-state index contributed by atoms with van der Waals surface area (Å²) in [5, 5.41) is 9.32. The first kappa shape index (κ1) is 28.8. The molecule has 4 aliphatic rings. The molecule has 40 heavy (non-hydrogen) atoms. The number of piperidine rings is 2. The summed E-state index contributed by atoms with van der Waals surface area (Å²) in [6, 6.07) is 1.60. The lowest BCUT2D eigenvalue weighted by atomic mass is 10.0. The molecular weight excluding hydrogens is 524 g/mol. The van der Waals surface area contributed by atoms with Crippen LogP contribution in [0.2, 0.25) is 0 Å². The van der Waals surface area contributed by atoms with Crippen LogP contribution in [-0.4, -0.2) is 74.3 Å². The van der Waals surface area contributed by atoms with Gasteiger partial charge in [-0.15, -0.1) is 0 Å². The Morgan fingerprint density at radius 3 is 1.52 bits per heavy atom. The van der Waals surface area contributed by atoms with Crippen LogP contribution in [0.25, 0.3) is 0 Å². The second-order valence-corrected chi connectivity index (χ2v) is 11.4. The van der Waals surface area contributed by atoms with Crippen molar-refractivity contribution in [2.24, 2.45) is 5.73 Å². The van der Waals surface area contributed by atoms with Gasteiger partial charge < -0.3 is 5.73 Å². The van der Waals surface area contributed by atoms with E-state index in [2.05, 4.69) is 26.0 Å². The van der Waals surface area contributed by atoms with Crippen molar-refractivity contribution >= 4 is 0 Å². The Bertz CT molecular complexity index is 1140. The molecular formula is C28H36F4N8. The van der Waals surface area contributed by atoms with E-state index in [1.807, 2.05) is 17.3 Å². The maximum atomic E-state index is 13.2. The van der Waals surface area contributed by atoms with E-state index < -0.39 is 17.9 Å². The van der Waals surface area contributed by atoms with E-state index in [1.165, 1.54) is 12.8 Å². The number of hydrogen-bond acceptors (Lipinski definition) is 8. The lowest BCUT2D eigenvalue weighted by molar-refractivity contribution is -0.0628. The Morgan fingerprint density at radius 1 is 0.750 bits per heavy atom. The minimum atomic E-state index is -2.59. The highest BCUT2D eigenvalue weighted by atomic mass is 19.3. The third-order valence-corrected chi connectivity index (χ3v) is 8.18. The van der Waals surface area contributed by atoms with Crippen molar-refractivity contribution in [3.8, 4) is 6.07 Å². The number of hydrogen-bond donors (Lipinski definition) is 1. The predicted molar refractivity (Wildman–Crippen MR) is 140 cm³/mol.